The average Bonchev–Trinajstić information content (AvgIpc) is 3.42. The van der Waals surface area contributed by atoms with Crippen LogP contribution < -0.4 is 4.74 Å². The lowest BCUT2D eigenvalue weighted by atomic mass is 10.0. The third-order valence-corrected chi connectivity index (χ3v) is 8.17. The predicted octanol–water partition coefficient (Wildman–Crippen LogP) is 3.13. The third-order valence-electron chi connectivity index (χ3n) is 6.36. The smallest absolute Gasteiger partial charge is 0.242 e. The molecule has 1 aliphatic rings. The molecule has 1 fully saturated rings. The van der Waals surface area contributed by atoms with E-state index in [9.17, 15) is 13.2 Å². The fourth-order valence-corrected chi connectivity index (χ4v) is 5.35. The molecule has 176 valence electrons. The van der Waals surface area contributed by atoms with Gasteiger partial charge in [0.2, 0.25) is 15.9 Å². The maximum atomic E-state index is 13.1. The van der Waals surface area contributed by atoms with Crippen LogP contribution in [-0.2, 0) is 28.3 Å². The second kappa shape index (κ2) is 9.15. The number of likely N-dealkylation sites (tertiary alicyclic amines) is 1. The minimum absolute atomic E-state index is 0.0858. The number of carbonyl (C=O) groups excluding carboxylic acids is 1. The first-order valence-electron chi connectivity index (χ1n) is 11.0. The van der Waals surface area contributed by atoms with Gasteiger partial charge in [0.25, 0.3) is 0 Å². The topological polar surface area (TPSA) is 84.7 Å². The van der Waals surface area contributed by atoms with Gasteiger partial charge in [0, 0.05) is 40.5 Å². The number of aryl methyl sites for hydroxylation is 2. The molecule has 1 atom stereocenters. The minimum Gasteiger partial charge on any atom is -0.497 e. The molecule has 1 aromatic heterocycles. The van der Waals surface area contributed by atoms with Gasteiger partial charge in [0.1, 0.15) is 11.6 Å². The highest BCUT2D eigenvalue weighted by molar-refractivity contribution is 7.89. The number of rotatable bonds is 7. The zero-order chi connectivity index (χ0) is 23.8. The van der Waals surface area contributed by atoms with E-state index < -0.39 is 10.0 Å². The maximum absolute atomic E-state index is 13.1. The van der Waals surface area contributed by atoms with Gasteiger partial charge in [-0.05, 0) is 48.7 Å². The number of carbonyl (C=O) groups is 1. The van der Waals surface area contributed by atoms with Crippen LogP contribution in [0, 0.1) is 0 Å². The molecule has 9 heteroatoms. The van der Waals surface area contributed by atoms with E-state index in [1.165, 1.54) is 18.4 Å². The van der Waals surface area contributed by atoms with Crippen LogP contribution in [0.25, 0.3) is 11.0 Å². The highest BCUT2D eigenvalue weighted by Crippen LogP contribution is 2.33. The van der Waals surface area contributed by atoms with Crippen LogP contribution in [0.15, 0.2) is 47.4 Å². The summed E-state index contributed by atoms with van der Waals surface area (Å²) < 4.78 is 33.3. The molecule has 0 spiro atoms. The van der Waals surface area contributed by atoms with Crippen molar-refractivity contribution in [1.29, 1.82) is 0 Å². The van der Waals surface area contributed by atoms with E-state index in [2.05, 4.69) is 4.98 Å². The Morgan fingerprint density at radius 2 is 1.91 bits per heavy atom. The molecule has 1 unspecified atom stereocenters. The molecule has 2 aromatic carbocycles. The largest absolute Gasteiger partial charge is 0.497 e. The molecule has 0 N–H and O–H groups in total. The number of amides is 1. The molecule has 8 nitrogen and oxygen atoms in total. The zero-order valence-corrected chi connectivity index (χ0v) is 20.3. The van der Waals surface area contributed by atoms with Gasteiger partial charge in [-0.1, -0.05) is 12.1 Å². The number of nitrogens with zero attached hydrogens (tertiary/aromatic N) is 4. The van der Waals surface area contributed by atoms with Gasteiger partial charge in [-0.25, -0.2) is 17.7 Å². The van der Waals surface area contributed by atoms with Gasteiger partial charge in [-0.2, -0.15) is 0 Å². The molecule has 3 aromatic rings. The van der Waals surface area contributed by atoms with Crippen LogP contribution in [-0.4, -0.2) is 60.8 Å². The van der Waals surface area contributed by atoms with E-state index in [0.717, 1.165) is 42.0 Å². The summed E-state index contributed by atoms with van der Waals surface area (Å²) in [5.41, 5.74) is 2.58. The van der Waals surface area contributed by atoms with Crippen molar-refractivity contribution >= 4 is 27.0 Å². The van der Waals surface area contributed by atoms with E-state index in [1.54, 1.807) is 25.3 Å². The van der Waals surface area contributed by atoms with E-state index in [0.29, 0.717) is 18.4 Å². The Balaban J connectivity index is 1.49. The lowest BCUT2D eigenvalue weighted by molar-refractivity contribution is -0.132. The summed E-state index contributed by atoms with van der Waals surface area (Å²) in [4.78, 5) is 19.9. The van der Waals surface area contributed by atoms with Crippen molar-refractivity contribution in [2.75, 3.05) is 27.7 Å². The van der Waals surface area contributed by atoms with Crippen LogP contribution >= 0.6 is 0 Å². The highest BCUT2D eigenvalue weighted by Gasteiger charge is 2.30. The Morgan fingerprint density at radius 1 is 1.18 bits per heavy atom. The number of sulfonamides is 1. The second-order valence-electron chi connectivity index (χ2n) is 8.54. The number of hydrogen-bond donors (Lipinski definition) is 0. The van der Waals surface area contributed by atoms with E-state index in [1.807, 2.05) is 40.8 Å². The molecule has 1 amide bonds. The molecule has 2 heterocycles. The monoisotopic (exact) mass is 470 g/mol. The van der Waals surface area contributed by atoms with Gasteiger partial charge in [-0.15, -0.1) is 0 Å². The van der Waals surface area contributed by atoms with Crippen LogP contribution in [0.3, 0.4) is 0 Å². The first-order chi connectivity index (χ1) is 15.7. The lowest BCUT2D eigenvalue weighted by Gasteiger charge is -2.25. The lowest BCUT2D eigenvalue weighted by Crippen LogP contribution is -2.30. The molecular formula is C24H30N4O4S. The Labute approximate surface area is 194 Å². The Bertz CT molecular complexity index is 1270. The van der Waals surface area contributed by atoms with E-state index in [4.69, 9.17) is 4.74 Å². The fraction of sp³-hybridized carbons (Fsp3) is 0.417. The Kier molecular flexibility index (Phi) is 6.45. The molecule has 0 bridgehead atoms. The van der Waals surface area contributed by atoms with E-state index in [-0.39, 0.29) is 16.8 Å². The molecule has 4 rings (SSSR count). The molecule has 1 aliphatic heterocycles. The Morgan fingerprint density at radius 3 is 2.58 bits per heavy atom. The standard InChI is InChI=1S/C24H30N4O4S/c1-26(2)33(30,31)19-11-12-22-20(16-19)25-23(27(22)3)13-14-24(29)28-15-5-6-21(28)17-7-9-18(32-4)10-8-17/h7-12,16,21H,5-6,13-15H2,1-4H3. The van der Waals surface area contributed by atoms with Crippen molar-refractivity contribution in [3.8, 4) is 5.75 Å². The van der Waals surface area contributed by atoms with Crippen LogP contribution in [0.1, 0.15) is 36.7 Å². The summed E-state index contributed by atoms with van der Waals surface area (Å²) in [6.07, 6.45) is 2.78. The quantitative estimate of drug-likeness (QED) is 0.530. The molecule has 0 saturated carbocycles. The van der Waals surface area contributed by atoms with Crippen molar-refractivity contribution in [1.82, 2.24) is 18.8 Å². The van der Waals surface area contributed by atoms with Gasteiger partial charge >= 0.3 is 0 Å². The van der Waals surface area contributed by atoms with Crippen LogP contribution in [0.2, 0.25) is 0 Å². The van der Waals surface area contributed by atoms with Crippen LogP contribution in [0.5, 0.6) is 5.75 Å². The van der Waals surface area contributed by atoms with Gasteiger partial charge < -0.3 is 14.2 Å². The van der Waals surface area contributed by atoms with Crippen molar-refractivity contribution in [3.63, 3.8) is 0 Å². The van der Waals surface area contributed by atoms with Crippen LogP contribution in [0.4, 0.5) is 0 Å². The summed E-state index contributed by atoms with van der Waals surface area (Å²) in [5, 5.41) is 0. The van der Waals surface area contributed by atoms with Crippen molar-refractivity contribution < 1.29 is 17.9 Å². The molecular weight excluding hydrogens is 440 g/mol. The van der Waals surface area contributed by atoms with Gasteiger partial charge in [-0.3, -0.25) is 4.79 Å². The first-order valence-corrected chi connectivity index (χ1v) is 12.5. The summed E-state index contributed by atoms with van der Waals surface area (Å²) in [7, 11) is 3.02. The van der Waals surface area contributed by atoms with Crippen molar-refractivity contribution in [2.24, 2.45) is 7.05 Å². The number of methoxy groups -OCH3 is 1. The number of hydrogen-bond acceptors (Lipinski definition) is 5. The number of ether oxygens (including phenoxy) is 1. The minimum atomic E-state index is -3.53. The van der Waals surface area contributed by atoms with Crippen molar-refractivity contribution in [2.45, 2.75) is 36.6 Å². The van der Waals surface area contributed by atoms with Crippen molar-refractivity contribution in [3.05, 3.63) is 53.9 Å². The molecule has 33 heavy (non-hydrogen) atoms. The average molecular weight is 471 g/mol. The van der Waals surface area contributed by atoms with E-state index >= 15 is 0 Å². The summed E-state index contributed by atoms with van der Waals surface area (Å²) >= 11 is 0. The third kappa shape index (κ3) is 4.47. The number of fused-ring (bicyclic) bond motifs is 1. The predicted molar refractivity (Wildman–Crippen MR) is 127 cm³/mol. The van der Waals surface area contributed by atoms with Gasteiger partial charge in [0.05, 0.1) is 29.1 Å². The molecule has 0 aliphatic carbocycles. The number of benzene rings is 2. The number of aromatic nitrogens is 2. The fourth-order valence-electron chi connectivity index (χ4n) is 4.42. The normalized spacial score (nSPS) is 16.6. The highest BCUT2D eigenvalue weighted by atomic mass is 32.2. The molecule has 1 saturated heterocycles. The second-order valence-corrected chi connectivity index (χ2v) is 10.7. The first kappa shape index (κ1) is 23.3. The van der Waals surface area contributed by atoms with Gasteiger partial charge in [0.15, 0.2) is 0 Å². The summed E-state index contributed by atoms with van der Waals surface area (Å²) in [6, 6.07) is 13.0. The summed E-state index contributed by atoms with van der Waals surface area (Å²) in [6.45, 7) is 0.754. The number of imidazole rings is 1. The summed E-state index contributed by atoms with van der Waals surface area (Å²) in [5.74, 6) is 1.67. The Hall–Kier alpha value is -2.91. The SMILES string of the molecule is COc1ccc(C2CCCN2C(=O)CCc2nc3cc(S(=O)(=O)N(C)C)ccc3n2C)cc1. The zero-order valence-electron chi connectivity index (χ0n) is 19.5. The molecule has 0 radical (unpaired) electrons. The maximum Gasteiger partial charge on any atom is 0.242 e.